The lowest BCUT2D eigenvalue weighted by atomic mass is 9.88. The first-order valence-corrected chi connectivity index (χ1v) is 6.50. The SMILES string of the molecule is CC(NCCOc1ccc(C(=O)O)cc1)C(C)(C)C. The van der Waals surface area contributed by atoms with E-state index in [0.29, 0.717) is 18.4 Å². The van der Waals surface area contributed by atoms with Crippen LogP contribution < -0.4 is 10.1 Å². The van der Waals surface area contributed by atoms with E-state index in [-0.39, 0.29) is 11.0 Å². The molecule has 1 rings (SSSR count). The molecular weight excluding hydrogens is 242 g/mol. The lowest BCUT2D eigenvalue weighted by Crippen LogP contribution is -2.39. The molecule has 106 valence electrons. The predicted molar refractivity (Wildman–Crippen MR) is 75.8 cm³/mol. The second-order valence-corrected chi connectivity index (χ2v) is 5.72. The molecule has 4 heteroatoms. The number of carboxylic acids is 1. The van der Waals surface area contributed by atoms with Gasteiger partial charge in [0.2, 0.25) is 0 Å². The number of rotatable bonds is 6. The molecule has 0 saturated carbocycles. The third kappa shape index (κ3) is 5.30. The fourth-order valence-corrected chi connectivity index (χ4v) is 1.44. The van der Waals surface area contributed by atoms with Crippen LogP contribution >= 0.6 is 0 Å². The van der Waals surface area contributed by atoms with E-state index in [2.05, 4.69) is 33.0 Å². The lowest BCUT2D eigenvalue weighted by molar-refractivity contribution is 0.0697. The topological polar surface area (TPSA) is 58.6 Å². The molecule has 0 amide bonds. The Kier molecular flexibility index (Phi) is 5.36. The largest absolute Gasteiger partial charge is 0.492 e. The summed E-state index contributed by atoms with van der Waals surface area (Å²) >= 11 is 0. The molecule has 2 N–H and O–H groups in total. The summed E-state index contributed by atoms with van der Waals surface area (Å²) in [5.74, 6) is -0.234. The Hall–Kier alpha value is -1.55. The van der Waals surface area contributed by atoms with Crippen LogP contribution in [0.3, 0.4) is 0 Å². The quantitative estimate of drug-likeness (QED) is 0.776. The van der Waals surface area contributed by atoms with Gasteiger partial charge in [-0.05, 0) is 36.6 Å². The van der Waals surface area contributed by atoms with E-state index in [1.54, 1.807) is 24.3 Å². The average molecular weight is 265 g/mol. The first kappa shape index (κ1) is 15.5. The van der Waals surface area contributed by atoms with Crippen LogP contribution in [-0.2, 0) is 0 Å². The summed E-state index contributed by atoms with van der Waals surface area (Å²) in [7, 11) is 0. The van der Waals surface area contributed by atoms with Crippen molar-refractivity contribution in [3.8, 4) is 5.75 Å². The Morgan fingerprint density at radius 1 is 1.32 bits per heavy atom. The summed E-state index contributed by atoms with van der Waals surface area (Å²) in [5, 5.41) is 12.2. The molecule has 0 bridgehead atoms. The molecule has 0 aromatic heterocycles. The molecule has 4 nitrogen and oxygen atoms in total. The summed E-state index contributed by atoms with van der Waals surface area (Å²) < 4.78 is 5.55. The first-order chi connectivity index (χ1) is 8.80. The van der Waals surface area contributed by atoms with E-state index >= 15 is 0 Å². The summed E-state index contributed by atoms with van der Waals surface area (Å²) in [6.45, 7) is 10.1. The highest BCUT2D eigenvalue weighted by molar-refractivity contribution is 5.87. The maximum Gasteiger partial charge on any atom is 0.335 e. The molecule has 0 radical (unpaired) electrons. The highest BCUT2D eigenvalue weighted by Gasteiger charge is 2.18. The van der Waals surface area contributed by atoms with Crippen LogP contribution in [0.25, 0.3) is 0 Å². The molecule has 0 fully saturated rings. The van der Waals surface area contributed by atoms with Gasteiger partial charge in [-0.15, -0.1) is 0 Å². The minimum atomic E-state index is -0.924. The molecule has 1 unspecified atom stereocenters. The smallest absolute Gasteiger partial charge is 0.335 e. The van der Waals surface area contributed by atoms with Crippen molar-refractivity contribution < 1.29 is 14.6 Å². The molecule has 0 aliphatic rings. The van der Waals surface area contributed by atoms with Gasteiger partial charge in [-0.2, -0.15) is 0 Å². The molecule has 0 aliphatic carbocycles. The number of carbonyl (C=O) groups is 1. The van der Waals surface area contributed by atoms with Crippen molar-refractivity contribution in [2.24, 2.45) is 5.41 Å². The second kappa shape index (κ2) is 6.57. The van der Waals surface area contributed by atoms with Crippen LogP contribution in [0.4, 0.5) is 0 Å². The maximum atomic E-state index is 10.7. The minimum absolute atomic E-state index is 0.225. The van der Waals surface area contributed by atoms with E-state index < -0.39 is 5.97 Å². The molecular formula is C15H23NO3. The Morgan fingerprint density at radius 2 is 1.89 bits per heavy atom. The summed E-state index contributed by atoms with van der Waals surface area (Å²) in [5.41, 5.74) is 0.496. The first-order valence-electron chi connectivity index (χ1n) is 6.50. The zero-order valence-electron chi connectivity index (χ0n) is 12.1. The highest BCUT2D eigenvalue weighted by Crippen LogP contribution is 2.18. The number of hydrogen-bond acceptors (Lipinski definition) is 3. The summed E-state index contributed by atoms with van der Waals surface area (Å²) in [4.78, 5) is 10.7. The number of aromatic carboxylic acids is 1. The van der Waals surface area contributed by atoms with E-state index in [1.807, 2.05) is 0 Å². The number of ether oxygens (including phenoxy) is 1. The Morgan fingerprint density at radius 3 is 2.37 bits per heavy atom. The Bertz CT molecular complexity index is 406. The van der Waals surface area contributed by atoms with Crippen LogP contribution in [0.5, 0.6) is 5.75 Å². The zero-order chi connectivity index (χ0) is 14.5. The zero-order valence-corrected chi connectivity index (χ0v) is 12.1. The molecule has 19 heavy (non-hydrogen) atoms. The molecule has 1 atom stereocenters. The van der Waals surface area contributed by atoms with E-state index in [1.165, 1.54) is 0 Å². The number of nitrogens with one attached hydrogen (secondary N) is 1. The van der Waals surface area contributed by atoms with Gasteiger partial charge in [0.15, 0.2) is 0 Å². The van der Waals surface area contributed by atoms with E-state index in [0.717, 1.165) is 6.54 Å². The van der Waals surface area contributed by atoms with Gasteiger partial charge in [-0.25, -0.2) is 4.79 Å². The van der Waals surface area contributed by atoms with Gasteiger partial charge in [-0.1, -0.05) is 20.8 Å². The molecule has 1 aromatic carbocycles. The molecule has 0 spiro atoms. The average Bonchev–Trinajstić information content (AvgIpc) is 2.33. The van der Waals surface area contributed by atoms with Gasteiger partial charge in [0.05, 0.1) is 5.56 Å². The van der Waals surface area contributed by atoms with Crippen molar-refractivity contribution in [2.75, 3.05) is 13.2 Å². The lowest BCUT2D eigenvalue weighted by Gasteiger charge is -2.28. The van der Waals surface area contributed by atoms with Gasteiger partial charge < -0.3 is 15.2 Å². The Balaban J connectivity index is 2.32. The number of hydrogen-bond donors (Lipinski definition) is 2. The predicted octanol–water partition coefficient (Wildman–Crippen LogP) is 2.79. The van der Waals surface area contributed by atoms with Crippen LogP contribution in [0.2, 0.25) is 0 Å². The number of benzene rings is 1. The van der Waals surface area contributed by atoms with Crippen LogP contribution in [0.15, 0.2) is 24.3 Å². The van der Waals surface area contributed by atoms with Crippen LogP contribution in [0.1, 0.15) is 38.1 Å². The van der Waals surface area contributed by atoms with Crippen molar-refractivity contribution in [2.45, 2.75) is 33.7 Å². The van der Waals surface area contributed by atoms with Gasteiger partial charge in [-0.3, -0.25) is 0 Å². The molecule has 0 aliphatic heterocycles. The van der Waals surface area contributed by atoms with Gasteiger partial charge >= 0.3 is 5.97 Å². The van der Waals surface area contributed by atoms with Gasteiger partial charge in [0.25, 0.3) is 0 Å². The minimum Gasteiger partial charge on any atom is -0.492 e. The Labute approximate surface area is 114 Å². The summed E-state index contributed by atoms with van der Waals surface area (Å²) in [6, 6.07) is 6.85. The molecule has 0 heterocycles. The highest BCUT2D eigenvalue weighted by atomic mass is 16.5. The third-order valence-corrected chi connectivity index (χ3v) is 3.22. The number of carboxylic acid groups (broad SMARTS) is 1. The van der Waals surface area contributed by atoms with Crippen molar-refractivity contribution in [1.29, 1.82) is 0 Å². The maximum absolute atomic E-state index is 10.7. The summed E-state index contributed by atoms with van der Waals surface area (Å²) in [6.07, 6.45) is 0. The van der Waals surface area contributed by atoms with Crippen molar-refractivity contribution >= 4 is 5.97 Å². The second-order valence-electron chi connectivity index (χ2n) is 5.72. The van der Waals surface area contributed by atoms with E-state index in [9.17, 15) is 4.79 Å². The van der Waals surface area contributed by atoms with E-state index in [4.69, 9.17) is 9.84 Å². The van der Waals surface area contributed by atoms with Gasteiger partial charge in [0.1, 0.15) is 12.4 Å². The van der Waals surface area contributed by atoms with Gasteiger partial charge in [0, 0.05) is 12.6 Å². The fraction of sp³-hybridized carbons (Fsp3) is 0.533. The van der Waals surface area contributed by atoms with Crippen molar-refractivity contribution in [3.05, 3.63) is 29.8 Å². The standard InChI is InChI=1S/C15H23NO3/c1-11(15(2,3)4)16-9-10-19-13-7-5-12(6-8-13)14(17)18/h5-8,11,16H,9-10H2,1-4H3,(H,17,18). The van der Waals surface area contributed by atoms with Crippen molar-refractivity contribution in [1.82, 2.24) is 5.32 Å². The van der Waals surface area contributed by atoms with Crippen LogP contribution in [0, 0.1) is 5.41 Å². The third-order valence-electron chi connectivity index (χ3n) is 3.22. The molecule has 0 saturated heterocycles. The normalized spacial score (nSPS) is 13.1. The van der Waals surface area contributed by atoms with Crippen LogP contribution in [-0.4, -0.2) is 30.3 Å². The molecule has 1 aromatic rings. The van der Waals surface area contributed by atoms with Crippen molar-refractivity contribution in [3.63, 3.8) is 0 Å². The monoisotopic (exact) mass is 265 g/mol. The fourth-order valence-electron chi connectivity index (χ4n) is 1.44.